The van der Waals surface area contributed by atoms with Crippen molar-refractivity contribution < 1.29 is 18.3 Å². The molecule has 7 heavy (non-hydrogen) atoms. The monoisotopic (exact) mass is 136 g/mol. The average molecular weight is 137 g/mol. The van der Waals surface area contributed by atoms with Crippen LogP contribution >= 0.6 is 12.4 Å². The first-order valence-corrected chi connectivity index (χ1v) is 1.24. The molecule has 0 heterocycles. The molecule has 0 saturated heterocycles. The van der Waals surface area contributed by atoms with Gasteiger partial charge in [-0.25, -0.2) is 0 Å². The first-order chi connectivity index (χ1) is 2.56. The molecule has 0 unspecified atom stereocenters. The van der Waals surface area contributed by atoms with Gasteiger partial charge in [0.2, 0.25) is 0 Å². The summed E-state index contributed by atoms with van der Waals surface area (Å²) in [6.45, 7) is -1.73. The summed E-state index contributed by atoms with van der Waals surface area (Å²) in [5.74, 6) is 0. The highest BCUT2D eigenvalue weighted by Crippen LogP contribution is 2.11. The maximum Gasteiger partial charge on any atom is 0.411 e. The number of hydrogen-bond donors (Lipinski definition) is 1. The van der Waals surface area contributed by atoms with E-state index in [9.17, 15) is 13.2 Å². The lowest BCUT2D eigenvalue weighted by Crippen LogP contribution is -2.12. The van der Waals surface area contributed by atoms with Gasteiger partial charge in [0.1, 0.15) is 6.61 Å². The highest BCUT2D eigenvalue weighted by atomic mass is 35.5. The molecule has 1 nitrogen and oxygen atoms in total. The van der Waals surface area contributed by atoms with Crippen LogP contribution in [0.5, 0.6) is 0 Å². The first kappa shape index (κ1) is 10.1. The summed E-state index contributed by atoms with van der Waals surface area (Å²) < 4.78 is 31.6. The fraction of sp³-hybridized carbons (Fsp3) is 1.00. The predicted octanol–water partition coefficient (Wildman–Crippen LogP) is 0.963. The van der Waals surface area contributed by atoms with Gasteiger partial charge in [0.05, 0.1) is 0 Å². The Morgan fingerprint density at radius 3 is 1.43 bits per heavy atom. The van der Waals surface area contributed by atoms with Crippen molar-refractivity contribution in [1.29, 1.82) is 0 Å². The number of hydrogen-bond acceptors (Lipinski definition) is 1. The van der Waals surface area contributed by atoms with Crippen molar-refractivity contribution in [3.8, 4) is 0 Å². The van der Waals surface area contributed by atoms with Crippen LogP contribution in [0.3, 0.4) is 0 Å². The van der Waals surface area contributed by atoms with Crippen LogP contribution in [0.25, 0.3) is 0 Å². The third-order valence-electron chi connectivity index (χ3n) is 0.179. The molecule has 0 spiro atoms. The zero-order valence-electron chi connectivity index (χ0n) is 3.20. The molecule has 0 aromatic rings. The molecule has 0 aliphatic carbocycles. The molecular weight excluding hydrogens is 132 g/mol. The lowest BCUT2D eigenvalue weighted by Gasteiger charge is -1.95. The van der Waals surface area contributed by atoms with Gasteiger partial charge >= 0.3 is 6.18 Å². The van der Waals surface area contributed by atoms with Gasteiger partial charge in [0.25, 0.3) is 0 Å². The van der Waals surface area contributed by atoms with Gasteiger partial charge in [-0.1, -0.05) is 0 Å². The topological polar surface area (TPSA) is 20.2 Å². The largest absolute Gasteiger partial charge is 0.411 e. The molecule has 5 heteroatoms. The van der Waals surface area contributed by atoms with Crippen molar-refractivity contribution in [2.75, 3.05) is 6.61 Å². The van der Waals surface area contributed by atoms with Crippen LogP contribution < -0.4 is 0 Å². The van der Waals surface area contributed by atoms with E-state index < -0.39 is 12.8 Å². The summed E-state index contributed by atoms with van der Waals surface area (Å²) >= 11 is 0. The molecule has 0 amide bonds. The van der Waals surface area contributed by atoms with Crippen LogP contribution in [0.15, 0.2) is 0 Å². The molecule has 0 aromatic carbocycles. The van der Waals surface area contributed by atoms with Crippen molar-refractivity contribution >= 4 is 12.4 Å². The Morgan fingerprint density at radius 2 is 1.43 bits per heavy atom. The van der Waals surface area contributed by atoms with E-state index in [1.54, 1.807) is 0 Å². The third-order valence-corrected chi connectivity index (χ3v) is 0.179. The van der Waals surface area contributed by atoms with Gasteiger partial charge in [-0.15, -0.1) is 12.4 Å². The van der Waals surface area contributed by atoms with Gasteiger partial charge in [-0.3, -0.25) is 0 Å². The van der Waals surface area contributed by atoms with E-state index in [0.717, 1.165) is 0 Å². The van der Waals surface area contributed by atoms with Crippen molar-refractivity contribution in [3.63, 3.8) is 0 Å². The summed E-state index contributed by atoms with van der Waals surface area (Å²) in [6.07, 6.45) is -4.40. The molecule has 0 atom stereocenters. The quantitative estimate of drug-likeness (QED) is 0.526. The normalized spacial score (nSPS) is 10.3. The molecule has 0 fully saturated rings. The molecule has 0 rings (SSSR count). The van der Waals surface area contributed by atoms with Crippen molar-refractivity contribution in [3.05, 3.63) is 0 Å². The van der Waals surface area contributed by atoms with Crippen LogP contribution in [0.2, 0.25) is 0 Å². The molecule has 0 aliphatic heterocycles. The zero-order chi connectivity index (χ0) is 5.21. The highest BCUT2D eigenvalue weighted by molar-refractivity contribution is 5.85. The van der Waals surface area contributed by atoms with Crippen LogP contribution in [0.4, 0.5) is 13.2 Å². The number of halogens is 4. The Labute approximate surface area is 44.5 Å². The number of rotatable bonds is 0. The fourth-order valence-corrected chi connectivity index (χ4v) is 0. The second-order valence-corrected chi connectivity index (χ2v) is 0.773. The number of aliphatic hydroxyl groups excluding tert-OH is 1. The Morgan fingerprint density at radius 1 is 1.29 bits per heavy atom. The Kier molecular flexibility index (Phi) is 4.47. The average Bonchev–Trinajstić information content (AvgIpc) is 1.35. The molecule has 0 saturated carbocycles. The Bertz CT molecular complexity index is 42.7. The van der Waals surface area contributed by atoms with E-state index >= 15 is 0 Å². The minimum absolute atomic E-state index is 0. The van der Waals surface area contributed by atoms with Gasteiger partial charge in [-0.2, -0.15) is 13.2 Å². The maximum atomic E-state index is 10.5. The minimum Gasteiger partial charge on any atom is -0.387 e. The predicted molar refractivity (Wildman–Crippen MR) is 20.4 cm³/mol. The molecule has 0 aromatic heterocycles. The van der Waals surface area contributed by atoms with Crippen LogP contribution in [0, 0.1) is 0 Å². The van der Waals surface area contributed by atoms with E-state index in [1.165, 1.54) is 0 Å². The van der Waals surface area contributed by atoms with E-state index in [-0.39, 0.29) is 12.4 Å². The van der Waals surface area contributed by atoms with Gasteiger partial charge in [0, 0.05) is 0 Å². The molecular formula is C2H4ClF3O. The van der Waals surface area contributed by atoms with Crippen molar-refractivity contribution in [2.24, 2.45) is 0 Å². The van der Waals surface area contributed by atoms with Crippen LogP contribution in [-0.4, -0.2) is 17.9 Å². The van der Waals surface area contributed by atoms with E-state index in [1.807, 2.05) is 0 Å². The first-order valence-electron chi connectivity index (χ1n) is 1.24. The number of aliphatic hydroxyl groups is 1. The highest BCUT2D eigenvalue weighted by Gasteiger charge is 2.24. The standard InChI is InChI=1S/C2H3F3O.ClH/c3-2(4,5)1-6;/h6H,1H2;1H. The van der Waals surface area contributed by atoms with Crippen molar-refractivity contribution in [1.82, 2.24) is 0 Å². The summed E-state index contributed by atoms with van der Waals surface area (Å²) in [5, 5.41) is 7.28. The van der Waals surface area contributed by atoms with Crippen LogP contribution in [-0.2, 0) is 0 Å². The minimum atomic E-state index is -4.40. The van der Waals surface area contributed by atoms with E-state index in [2.05, 4.69) is 0 Å². The van der Waals surface area contributed by atoms with Crippen molar-refractivity contribution in [2.45, 2.75) is 6.18 Å². The molecule has 0 radical (unpaired) electrons. The second kappa shape index (κ2) is 3.10. The summed E-state index contributed by atoms with van der Waals surface area (Å²) in [5.41, 5.74) is 0. The zero-order valence-corrected chi connectivity index (χ0v) is 4.01. The fourth-order valence-electron chi connectivity index (χ4n) is 0. The lowest BCUT2D eigenvalue weighted by atomic mass is 10.7. The molecule has 0 bridgehead atoms. The van der Waals surface area contributed by atoms with Crippen LogP contribution in [0.1, 0.15) is 0 Å². The SMILES string of the molecule is Cl.OCC(F)(F)F. The third kappa shape index (κ3) is 10.7. The van der Waals surface area contributed by atoms with Gasteiger partial charge < -0.3 is 5.11 Å². The van der Waals surface area contributed by atoms with Gasteiger partial charge in [-0.05, 0) is 0 Å². The maximum absolute atomic E-state index is 10.5. The summed E-state index contributed by atoms with van der Waals surface area (Å²) in [6, 6.07) is 0. The summed E-state index contributed by atoms with van der Waals surface area (Å²) in [4.78, 5) is 0. The summed E-state index contributed by atoms with van der Waals surface area (Å²) in [7, 11) is 0. The Balaban J connectivity index is 0. The second-order valence-electron chi connectivity index (χ2n) is 0.773. The molecule has 1 N–H and O–H groups in total. The molecule has 46 valence electrons. The van der Waals surface area contributed by atoms with E-state index in [4.69, 9.17) is 5.11 Å². The van der Waals surface area contributed by atoms with E-state index in [0.29, 0.717) is 0 Å². The smallest absolute Gasteiger partial charge is 0.387 e. The van der Waals surface area contributed by atoms with Gasteiger partial charge in [0.15, 0.2) is 0 Å². The lowest BCUT2D eigenvalue weighted by molar-refractivity contribution is -0.159. The number of alkyl halides is 3. The Hall–Kier alpha value is 0.0400. The molecule has 0 aliphatic rings.